The summed E-state index contributed by atoms with van der Waals surface area (Å²) in [5.41, 5.74) is 0.516. The maximum atomic E-state index is 12.5. The van der Waals surface area contributed by atoms with Crippen molar-refractivity contribution in [1.29, 1.82) is 0 Å². The van der Waals surface area contributed by atoms with Gasteiger partial charge in [0.1, 0.15) is 0 Å². The second-order valence-electron chi connectivity index (χ2n) is 4.92. The van der Waals surface area contributed by atoms with E-state index in [9.17, 15) is 13.2 Å². The number of carbonyl (C=O) groups is 1. The molecule has 0 aromatic heterocycles. The Kier molecular flexibility index (Phi) is 4.57. The molecular formula is C14H19NO4S. The molecule has 0 amide bonds. The summed E-state index contributed by atoms with van der Waals surface area (Å²) >= 11 is 0. The molecular weight excluding hydrogens is 278 g/mol. The number of piperidine rings is 1. The van der Waals surface area contributed by atoms with Gasteiger partial charge >= 0.3 is 0 Å². The van der Waals surface area contributed by atoms with Gasteiger partial charge in [-0.1, -0.05) is 12.1 Å². The number of carbonyl (C=O) groups excluding carboxylic acids is 1. The summed E-state index contributed by atoms with van der Waals surface area (Å²) in [6.07, 6.45) is 1.56. The molecule has 0 unspecified atom stereocenters. The van der Waals surface area contributed by atoms with Crippen LogP contribution < -0.4 is 0 Å². The monoisotopic (exact) mass is 297 g/mol. The first kappa shape index (κ1) is 15.2. The topological polar surface area (TPSA) is 63.7 Å². The highest BCUT2D eigenvalue weighted by atomic mass is 32.2. The minimum atomic E-state index is -3.47. The second kappa shape index (κ2) is 6.03. The first-order valence-electron chi connectivity index (χ1n) is 6.59. The first-order valence-corrected chi connectivity index (χ1v) is 8.03. The summed E-state index contributed by atoms with van der Waals surface area (Å²) in [7, 11) is -1.82. The number of nitrogens with zero attached hydrogens (tertiary/aromatic N) is 1. The van der Waals surface area contributed by atoms with Crippen LogP contribution >= 0.6 is 0 Å². The van der Waals surface area contributed by atoms with Crippen LogP contribution in [0.1, 0.15) is 30.1 Å². The lowest BCUT2D eigenvalue weighted by atomic mass is 10.1. The normalized spacial score (nSPS) is 18.1. The van der Waals surface area contributed by atoms with E-state index in [2.05, 4.69) is 0 Å². The molecule has 1 heterocycles. The predicted molar refractivity (Wildman–Crippen MR) is 75.2 cm³/mol. The third kappa shape index (κ3) is 3.08. The lowest BCUT2D eigenvalue weighted by Gasteiger charge is -2.30. The molecule has 0 spiro atoms. The predicted octanol–water partition coefficient (Wildman–Crippen LogP) is 1.69. The Morgan fingerprint density at radius 2 is 1.75 bits per heavy atom. The number of ether oxygens (including phenoxy) is 1. The average molecular weight is 297 g/mol. The van der Waals surface area contributed by atoms with Crippen molar-refractivity contribution in [3.05, 3.63) is 29.8 Å². The minimum absolute atomic E-state index is 0.0742. The summed E-state index contributed by atoms with van der Waals surface area (Å²) in [5, 5.41) is 0. The van der Waals surface area contributed by atoms with E-state index in [1.807, 2.05) is 0 Å². The molecule has 0 atom stereocenters. The van der Waals surface area contributed by atoms with Crippen molar-refractivity contribution < 1.29 is 17.9 Å². The van der Waals surface area contributed by atoms with Crippen LogP contribution in [0.15, 0.2) is 29.2 Å². The molecule has 1 aliphatic rings. The number of methoxy groups -OCH3 is 1. The lowest BCUT2D eigenvalue weighted by molar-refractivity contribution is 0.0604. The Morgan fingerprint density at radius 3 is 2.20 bits per heavy atom. The zero-order valence-corrected chi connectivity index (χ0v) is 12.5. The van der Waals surface area contributed by atoms with Crippen LogP contribution in [0.2, 0.25) is 0 Å². The molecule has 110 valence electrons. The quantitative estimate of drug-likeness (QED) is 0.793. The van der Waals surface area contributed by atoms with E-state index >= 15 is 0 Å². The number of benzene rings is 1. The largest absolute Gasteiger partial charge is 0.381 e. The van der Waals surface area contributed by atoms with Gasteiger partial charge < -0.3 is 4.74 Å². The van der Waals surface area contributed by atoms with E-state index in [1.165, 1.54) is 23.4 Å². The highest BCUT2D eigenvalue weighted by molar-refractivity contribution is 7.89. The van der Waals surface area contributed by atoms with Gasteiger partial charge in [-0.05, 0) is 31.9 Å². The van der Waals surface area contributed by atoms with Gasteiger partial charge in [-0.2, -0.15) is 4.31 Å². The highest BCUT2D eigenvalue weighted by Gasteiger charge is 2.29. The summed E-state index contributed by atoms with van der Waals surface area (Å²) in [5.74, 6) is -0.0742. The molecule has 0 aliphatic carbocycles. The van der Waals surface area contributed by atoms with E-state index in [0.717, 1.165) is 0 Å². The van der Waals surface area contributed by atoms with E-state index in [-0.39, 0.29) is 16.8 Å². The molecule has 0 bridgehead atoms. The Balaban J connectivity index is 2.16. The second-order valence-corrected chi connectivity index (χ2v) is 6.86. The maximum absolute atomic E-state index is 12.5. The molecule has 0 N–H and O–H groups in total. The van der Waals surface area contributed by atoms with E-state index in [0.29, 0.717) is 31.5 Å². The van der Waals surface area contributed by atoms with Gasteiger partial charge in [0.05, 0.1) is 11.0 Å². The Bertz CT molecular complexity index is 572. The van der Waals surface area contributed by atoms with E-state index < -0.39 is 10.0 Å². The Morgan fingerprint density at radius 1 is 1.20 bits per heavy atom. The molecule has 5 nitrogen and oxygen atoms in total. The van der Waals surface area contributed by atoms with Crippen LogP contribution in [0.5, 0.6) is 0 Å². The van der Waals surface area contributed by atoms with Gasteiger partial charge in [0.15, 0.2) is 5.78 Å². The van der Waals surface area contributed by atoms with Crippen molar-refractivity contribution in [2.24, 2.45) is 0 Å². The van der Waals surface area contributed by atoms with Gasteiger partial charge in [0, 0.05) is 25.8 Å². The smallest absolute Gasteiger partial charge is 0.243 e. The van der Waals surface area contributed by atoms with Crippen LogP contribution in [-0.4, -0.2) is 44.8 Å². The molecule has 1 saturated heterocycles. The first-order chi connectivity index (χ1) is 9.45. The fourth-order valence-corrected chi connectivity index (χ4v) is 3.79. The van der Waals surface area contributed by atoms with Crippen LogP contribution in [0, 0.1) is 0 Å². The van der Waals surface area contributed by atoms with E-state index in [4.69, 9.17) is 4.74 Å². The molecule has 0 saturated carbocycles. The molecule has 2 rings (SSSR count). The standard InChI is InChI=1S/C14H19NO4S/c1-11(16)12-3-5-14(6-4-12)20(17,18)15-9-7-13(19-2)8-10-15/h3-6,13H,7-10H2,1-2H3. The van der Waals surface area contributed by atoms with Crippen molar-refractivity contribution in [2.75, 3.05) is 20.2 Å². The van der Waals surface area contributed by atoms with Crippen molar-refractivity contribution in [2.45, 2.75) is 30.8 Å². The van der Waals surface area contributed by atoms with Gasteiger partial charge in [-0.15, -0.1) is 0 Å². The third-order valence-electron chi connectivity index (χ3n) is 3.63. The van der Waals surface area contributed by atoms with E-state index in [1.54, 1.807) is 19.2 Å². The molecule has 1 fully saturated rings. The third-order valence-corrected chi connectivity index (χ3v) is 5.55. The van der Waals surface area contributed by atoms with Gasteiger partial charge in [-0.25, -0.2) is 8.42 Å². The molecule has 6 heteroatoms. The molecule has 1 aromatic rings. The Hall–Kier alpha value is -1.24. The zero-order valence-electron chi connectivity index (χ0n) is 11.7. The molecule has 20 heavy (non-hydrogen) atoms. The molecule has 1 aromatic carbocycles. The molecule has 1 aliphatic heterocycles. The average Bonchev–Trinajstić information content (AvgIpc) is 2.47. The van der Waals surface area contributed by atoms with Gasteiger partial charge in [0.2, 0.25) is 10.0 Å². The van der Waals surface area contributed by atoms with Crippen molar-refractivity contribution in [1.82, 2.24) is 4.31 Å². The van der Waals surface area contributed by atoms with Crippen molar-refractivity contribution >= 4 is 15.8 Å². The number of hydrogen-bond donors (Lipinski definition) is 0. The Labute approximate surface area is 119 Å². The zero-order chi connectivity index (χ0) is 14.8. The van der Waals surface area contributed by atoms with Gasteiger partial charge in [0.25, 0.3) is 0 Å². The highest BCUT2D eigenvalue weighted by Crippen LogP contribution is 2.22. The lowest BCUT2D eigenvalue weighted by Crippen LogP contribution is -2.40. The number of ketones is 1. The maximum Gasteiger partial charge on any atom is 0.243 e. The van der Waals surface area contributed by atoms with Crippen LogP contribution in [0.4, 0.5) is 0 Å². The number of rotatable bonds is 4. The van der Waals surface area contributed by atoms with Crippen LogP contribution in [0.25, 0.3) is 0 Å². The number of Topliss-reactive ketones (excluding diaryl/α,β-unsaturated/α-hetero) is 1. The number of sulfonamides is 1. The van der Waals surface area contributed by atoms with Crippen LogP contribution in [0.3, 0.4) is 0 Å². The summed E-state index contributed by atoms with van der Waals surface area (Å²) in [6, 6.07) is 6.09. The van der Waals surface area contributed by atoms with Crippen molar-refractivity contribution in [3.63, 3.8) is 0 Å². The minimum Gasteiger partial charge on any atom is -0.381 e. The fourth-order valence-electron chi connectivity index (χ4n) is 2.32. The fraction of sp³-hybridized carbons (Fsp3) is 0.500. The SMILES string of the molecule is COC1CCN(S(=O)(=O)c2ccc(C(C)=O)cc2)CC1. The van der Waals surface area contributed by atoms with Gasteiger partial charge in [-0.3, -0.25) is 4.79 Å². The summed E-state index contributed by atoms with van der Waals surface area (Å²) in [6.45, 7) is 2.39. The van der Waals surface area contributed by atoms with Crippen LogP contribution in [-0.2, 0) is 14.8 Å². The summed E-state index contributed by atoms with van der Waals surface area (Å²) in [4.78, 5) is 11.4. The number of hydrogen-bond acceptors (Lipinski definition) is 4. The van der Waals surface area contributed by atoms with Crippen molar-refractivity contribution in [3.8, 4) is 0 Å². The summed E-state index contributed by atoms with van der Waals surface area (Å²) < 4.78 is 31.6. The molecule has 0 radical (unpaired) electrons.